The fourth-order valence-electron chi connectivity index (χ4n) is 3.81. The van der Waals surface area contributed by atoms with E-state index in [-0.39, 0.29) is 0 Å². The van der Waals surface area contributed by atoms with Gasteiger partial charge in [-0.25, -0.2) is 0 Å². The van der Waals surface area contributed by atoms with Gasteiger partial charge >= 0.3 is 0 Å². The molecule has 0 saturated carbocycles. The van der Waals surface area contributed by atoms with Crippen LogP contribution in [-0.4, -0.2) is 43.7 Å². The molecule has 0 radical (unpaired) electrons. The highest BCUT2D eigenvalue weighted by Crippen LogP contribution is 2.29. The fourth-order valence-corrected chi connectivity index (χ4v) is 3.81. The lowest BCUT2D eigenvalue weighted by atomic mass is 9.98. The minimum Gasteiger partial charge on any atom is -0.382 e. The molecule has 2 aliphatic rings. The third-order valence-corrected chi connectivity index (χ3v) is 5.17. The molecule has 0 spiro atoms. The van der Waals surface area contributed by atoms with Crippen LogP contribution in [-0.2, 0) is 6.42 Å². The molecule has 3 heteroatoms. The summed E-state index contributed by atoms with van der Waals surface area (Å²) in [5.41, 5.74) is 4.19. The molecule has 116 valence electrons. The van der Waals surface area contributed by atoms with Crippen LogP contribution in [0.4, 0.5) is 11.4 Å². The molecule has 0 bridgehead atoms. The second-order valence-electron chi connectivity index (χ2n) is 6.73. The Labute approximate surface area is 129 Å². The van der Waals surface area contributed by atoms with Gasteiger partial charge in [-0.15, -0.1) is 0 Å². The van der Waals surface area contributed by atoms with Gasteiger partial charge < -0.3 is 10.2 Å². The summed E-state index contributed by atoms with van der Waals surface area (Å²) in [6, 6.07) is 8.27. The molecule has 1 saturated heterocycles. The number of nitrogens with zero attached hydrogens (tertiary/aromatic N) is 2. The zero-order valence-corrected chi connectivity index (χ0v) is 13.7. The molecule has 1 fully saturated rings. The maximum absolute atomic E-state index is 3.59. The van der Waals surface area contributed by atoms with Crippen molar-refractivity contribution in [1.82, 2.24) is 4.90 Å². The van der Waals surface area contributed by atoms with Gasteiger partial charge in [-0.05, 0) is 69.5 Å². The quantitative estimate of drug-likeness (QED) is 0.916. The maximum Gasteiger partial charge on any atom is 0.0376 e. The van der Waals surface area contributed by atoms with Gasteiger partial charge in [0.05, 0.1) is 0 Å². The van der Waals surface area contributed by atoms with Crippen molar-refractivity contribution < 1.29 is 0 Å². The number of hydrogen-bond acceptors (Lipinski definition) is 3. The predicted octanol–water partition coefficient (Wildman–Crippen LogP) is 3.35. The molecule has 2 aliphatic heterocycles. The molecular weight excluding hydrogens is 258 g/mol. The number of nitrogens with one attached hydrogen (secondary N) is 1. The summed E-state index contributed by atoms with van der Waals surface area (Å²) >= 11 is 0. The van der Waals surface area contributed by atoms with Gasteiger partial charge in [0.1, 0.15) is 0 Å². The summed E-state index contributed by atoms with van der Waals surface area (Å²) < 4.78 is 0. The number of rotatable bonds is 4. The lowest BCUT2D eigenvalue weighted by Crippen LogP contribution is -2.38. The van der Waals surface area contributed by atoms with Gasteiger partial charge in [-0.1, -0.05) is 6.92 Å². The average molecular weight is 287 g/mol. The van der Waals surface area contributed by atoms with Crippen LogP contribution in [0.1, 0.15) is 38.7 Å². The van der Waals surface area contributed by atoms with Crippen LogP contribution >= 0.6 is 0 Å². The fraction of sp³-hybridized carbons (Fsp3) is 0.667. The van der Waals surface area contributed by atoms with Crippen LogP contribution in [0, 0.1) is 0 Å². The van der Waals surface area contributed by atoms with Gasteiger partial charge in [-0.3, -0.25) is 4.90 Å². The van der Waals surface area contributed by atoms with Gasteiger partial charge in [0.25, 0.3) is 0 Å². The zero-order chi connectivity index (χ0) is 14.8. The summed E-state index contributed by atoms with van der Waals surface area (Å²) in [6.45, 7) is 8.16. The largest absolute Gasteiger partial charge is 0.382 e. The van der Waals surface area contributed by atoms with E-state index < -0.39 is 0 Å². The van der Waals surface area contributed by atoms with E-state index in [4.69, 9.17) is 0 Å². The van der Waals surface area contributed by atoms with Gasteiger partial charge in [0.2, 0.25) is 0 Å². The molecule has 3 nitrogen and oxygen atoms in total. The Hall–Kier alpha value is -1.22. The maximum atomic E-state index is 3.59. The highest BCUT2D eigenvalue weighted by atomic mass is 15.2. The molecule has 21 heavy (non-hydrogen) atoms. The summed E-state index contributed by atoms with van der Waals surface area (Å²) in [4.78, 5) is 5.06. The summed E-state index contributed by atoms with van der Waals surface area (Å²) in [5, 5.41) is 3.59. The third kappa shape index (κ3) is 3.18. The molecule has 0 aliphatic carbocycles. The first-order chi connectivity index (χ1) is 10.2. The van der Waals surface area contributed by atoms with E-state index in [1.807, 2.05) is 0 Å². The van der Waals surface area contributed by atoms with Crippen LogP contribution in [0.25, 0.3) is 0 Å². The number of likely N-dealkylation sites (tertiary alicyclic amines) is 1. The number of aryl methyl sites for hydroxylation is 1. The van der Waals surface area contributed by atoms with Gasteiger partial charge in [0, 0.05) is 37.1 Å². The van der Waals surface area contributed by atoms with Crippen LogP contribution in [0.2, 0.25) is 0 Å². The van der Waals surface area contributed by atoms with E-state index in [9.17, 15) is 0 Å². The number of benzene rings is 1. The van der Waals surface area contributed by atoms with Gasteiger partial charge in [0.15, 0.2) is 0 Å². The van der Waals surface area contributed by atoms with Crippen molar-refractivity contribution in [3.05, 3.63) is 23.8 Å². The molecule has 1 aromatic carbocycles. The van der Waals surface area contributed by atoms with Crippen LogP contribution < -0.4 is 10.2 Å². The van der Waals surface area contributed by atoms with E-state index in [0.717, 1.165) is 12.6 Å². The lowest BCUT2D eigenvalue weighted by Gasteiger charge is -2.30. The Morgan fingerprint density at radius 2 is 2.19 bits per heavy atom. The van der Waals surface area contributed by atoms with E-state index in [0.29, 0.717) is 6.04 Å². The molecule has 1 N–H and O–H groups in total. The second-order valence-corrected chi connectivity index (χ2v) is 6.73. The topological polar surface area (TPSA) is 18.5 Å². The Kier molecular flexibility index (Phi) is 4.39. The summed E-state index contributed by atoms with van der Waals surface area (Å²) in [7, 11) is 2.24. The standard InChI is InChI=1S/C18H29N3/c1-4-21-11-5-6-17(21)13-20(3)16-9-10-18-15(12-16)8-7-14(2)19-18/h9-10,12,14,17,19H,4-8,11,13H2,1-3H3. The number of hydrogen-bond donors (Lipinski definition) is 1. The van der Waals surface area contributed by atoms with Crippen LogP contribution in [0.15, 0.2) is 18.2 Å². The Bertz CT molecular complexity index is 485. The highest BCUT2D eigenvalue weighted by molar-refractivity contribution is 5.62. The first-order valence-corrected chi connectivity index (χ1v) is 8.52. The van der Waals surface area contributed by atoms with Crippen LogP contribution in [0.3, 0.4) is 0 Å². The minimum absolute atomic E-state index is 0.609. The van der Waals surface area contributed by atoms with Crippen molar-refractivity contribution in [1.29, 1.82) is 0 Å². The molecule has 0 amide bonds. The normalized spacial score (nSPS) is 25.5. The van der Waals surface area contributed by atoms with Crippen molar-refractivity contribution in [3.8, 4) is 0 Å². The molecule has 2 unspecified atom stereocenters. The minimum atomic E-state index is 0.609. The highest BCUT2D eigenvalue weighted by Gasteiger charge is 2.24. The van der Waals surface area contributed by atoms with E-state index in [2.05, 4.69) is 54.2 Å². The van der Waals surface area contributed by atoms with Crippen molar-refractivity contribution >= 4 is 11.4 Å². The van der Waals surface area contributed by atoms with Crippen LogP contribution in [0.5, 0.6) is 0 Å². The Morgan fingerprint density at radius 3 is 3.00 bits per heavy atom. The van der Waals surface area contributed by atoms with E-state index >= 15 is 0 Å². The SMILES string of the molecule is CCN1CCCC1CN(C)c1ccc2c(c1)CCC(C)N2. The number of fused-ring (bicyclic) bond motifs is 1. The summed E-state index contributed by atoms with van der Waals surface area (Å²) in [6.07, 6.45) is 5.16. The summed E-state index contributed by atoms with van der Waals surface area (Å²) in [5.74, 6) is 0. The lowest BCUT2D eigenvalue weighted by molar-refractivity contribution is 0.270. The Morgan fingerprint density at radius 1 is 1.33 bits per heavy atom. The smallest absolute Gasteiger partial charge is 0.0376 e. The predicted molar refractivity (Wildman–Crippen MR) is 91.4 cm³/mol. The number of likely N-dealkylation sites (N-methyl/N-ethyl adjacent to an activating group) is 2. The monoisotopic (exact) mass is 287 g/mol. The first kappa shape index (κ1) is 14.7. The average Bonchev–Trinajstić information content (AvgIpc) is 2.93. The number of anilines is 2. The zero-order valence-electron chi connectivity index (χ0n) is 13.7. The van der Waals surface area contributed by atoms with Gasteiger partial charge in [-0.2, -0.15) is 0 Å². The third-order valence-electron chi connectivity index (χ3n) is 5.17. The molecule has 1 aromatic rings. The van der Waals surface area contributed by atoms with Crippen molar-refractivity contribution in [3.63, 3.8) is 0 Å². The first-order valence-electron chi connectivity index (χ1n) is 8.52. The Balaban J connectivity index is 1.69. The molecule has 0 aromatic heterocycles. The van der Waals surface area contributed by atoms with E-state index in [1.54, 1.807) is 0 Å². The van der Waals surface area contributed by atoms with Crippen molar-refractivity contribution in [2.24, 2.45) is 0 Å². The van der Waals surface area contributed by atoms with E-state index in [1.165, 1.54) is 55.7 Å². The van der Waals surface area contributed by atoms with Crippen molar-refractivity contribution in [2.75, 3.05) is 36.9 Å². The molecule has 3 rings (SSSR count). The second kappa shape index (κ2) is 6.27. The molecule has 2 heterocycles. The molecular formula is C18H29N3. The molecule has 2 atom stereocenters. The van der Waals surface area contributed by atoms with Crippen molar-refractivity contribution in [2.45, 2.75) is 51.6 Å².